The van der Waals surface area contributed by atoms with E-state index in [1.165, 1.54) is 0 Å². The van der Waals surface area contributed by atoms with Crippen molar-refractivity contribution in [3.63, 3.8) is 0 Å². The van der Waals surface area contributed by atoms with Gasteiger partial charge in [-0.25, -0.2) is 0 Å². The number of hydrogen-bond acceptors (Lipinski definition) is 4. The number of nitrogens with zero attached hydrogens (tertiary/aromatic N) is 1. The normalized spacial score (nSPS) is 14.8. The van der Waals surface area contributed by atoms with Gasteiger partial charge < -0.3 is 14.4 Å². The van der Waals surface area contributed by atoms with Gasteiger partial charge in [0, 0.05) is 23.9 Å². The van der Waals surface area contributed by atoms with Gasteiger partial charge in [0.05, 0.1) is 10.3 Å². The third kappa shape index (κ3) is 3.92. The summed E-state index contributed by atoms with van der Waals surface area (Å²) >= 11 is 5.06. The van der Waals surface area contributed by atoms with E-state index in [1.54, 1.807) is 23.3 Å². The fourth-order valence-corrected chi connectivity index (χ4v) is 4.25. The van der Waals surface area contributed by atoms with Crippen molar-refractivity contribution in [3.8, 4) is 11.5 Å². The second-order valence-electron chi connectivity index (χ2n) is 6.53. The monoisotopic (exact) mass is 409 g/mol. The maximum absolute atomic E-state index is 12.3. The lowest BCUT2D eigenvalue weighted by atomic mass is 10.0. The summed E-state index contributed by atoms with van der Waals surface area (Å²) in [5, 5.41) is 0. The van der Waals surface area contributed by atoms with Gasteiger partial charge in [-0.1, -0.05) is 12.1 Å². The van der Waals surface area contributed by atoms with Crippen LogP contribution in [0.2, 0.25) is 0 Å². The van der Waals surface area contributed by atoms with E-state index in [9.17, 15) is 4.79 Å². The average molecular weight is 410 g/mol. The molecule has 3 rings (SSSR count). The van der Waals surface area contributed by atoms with Gasteiger partial charge >= 0.3 is 0 Å². The standard InChI is InChI=1S/C18H20BrNO3S/c1-18(2)9-12-5-4-6-14(17(12)23-18)22-11-16(21)20(3)10-13-7-8-15(19)24-13/h4-8H,9-11H2,1-3H3. The van der Waals surface area contributed by atoms with Gasteiger partial charge in [-0.2, -0.15) is 0 Å². The Morgan fingerprint density at radius 2 is 2.17 bits per heavy atom. The minimum atomic E-state index is -0.227. The van der Waals surface area contributed by atoms with Gasteiger partial charge in [0.15, 0.2) is 18.1 Å². The van der Waals surface area contributed by atoms with Crippen LogP contribution < -0.4 is 9.47 Å². The zero-order valence-corrected chi connectivity index (χ0v) is 16.4. The van der Waals surface area contributed by atoms with E-state index < -0.39 is 0 Å². The van der Waals surface area contributed by atoms with Gasteiger partial charge in [-0.05, 0) is 48.0 Å². The molecule has 128 valence electrons. The summed E-state index contributed by atoms with van der Waals surface area (Å²) in [6, 6.07) is 9.83. The lowest BCUT2D eigenvalue weighted by molar-refractivity contribution is -0.132. The summed E-state index contributed by atoms with van der Waals surface area (Å²) in [5.74, 6) is 1.34. The van der Waals surface area contributed by atoms with E-state index in [-0.39, 0.29) is 18.1 Å². The molecule has 0 atom stereocenters. The van der Waals surface area contributed by atoms with Crippen molar-refractivity contribution in [2.75, 3.05) is 13.7 Å². The van der Waals surface area contributed by atoms with Crippen LogP contribution in [-0.2, 0) is 17.8 Å². The first-order valence-electron chi connectivity index (χ1n) is 7.76. The van der Waals surface area contributed by atoms with E-state index >= 15 is 0 Å². The molecule has 1 aromatic carbocycles. The van der Waals surface area contributed by atoms with Crippen LogP contribution in [0.3, 0.4) is 0 Å². The van der Waals surface area contributed by atoms with E-state index in [1.807, 2.05) is 30.3 Å². The van der Waals surface area contributed by atoms with Gasteiger partial charge in [-0.15, -0.1) is 11.3 Å². The predicted molar refractivity (Wildman–Crippen MR) is 98.8 cm³/mol. The molecule has 1 aromatic heterocycles. The Hall–Kier alpha value is -1.53. The minimum absolute atomic E-state index is 0.00326. The van der Waals surface area contributed by atoms with Crippen LogP contribution in [0, 0.1) is 0 Å². The predicted octanol–water partition coefficient (Wildman–Crippen LogP) is 4.26. The third-order valence-corrected chi connectivity index (χ3v) is 5.46. The van der Waals surface area contributed by atoms with E-state index in [4.69, 9.17) is 9.47 Å². The molecule has 0 radical (unpaired) electrons. The summed E-state index contributed by atoms with van der Waals surface area (Å²) < 4.78 is 12.8. The van der Waals surface area contributed by atoms with Crippen LogP contribution in [0.25, 0.3) is 0 Å². The first kappa shape index (κ1) is 17.3. The first-order valence-corrected chi connectivity index (χ1v) is 9.37. The maximum atomic E-state index is 12.3. The molecule has 0 N–H and O–H groups in total. The quantitative estimate of drug-likeness (QED) is 0.740. The Kier molecular flexibility index (Phi) is 4.88. The Morgan fingerprint density at radius 3 is 2.88 bits per heavy atom. The molecule has 2 aromatic rings. The van der Waals surface area contributed by atoms with Crippen LogP contribution in [0.5, 0.6) is 11.5 Å². The molecule has 0 saturated heterocycles. The number of fused-ring (bicyclic) bond motifs is 1. The van der Waals surface area contributed by atoms with Gasteiger partial charge in [0.1, 0.15) is 5.60 Å². The number of carbonyl (C=O) groups excluding carboxylic acids is 1. The molecular weight excluding hydrogens is 390 g/mol. The topological polar surface area (TPSA) is 38.8 Å². The molecule has 24 heavy (non-hydrogen) atoms. The average Bonchev–Trinajstić information content (AvgIpc) is 3.05. The molecule has 0 aliphatic carbocycles. The van der Waals surface area contributed by atoms with Crippen molar-refractivity contribution in [1.82, 2.24) is 4.90 Å². The minimum Gasteiger partial charge on any atom is -0.483 e. The van der Waals surface area contributed by atoms with Crippen LogP contribution >= 0.6 is 27.3 Å². The molecule has 4 nitrogen and oxygen atoms in total. The molecule has 0 bridgehead atoms. The number of ether oxygens (including phenoxy) is 2. The first-order chi connectivity index (χ1) is 11.3. The molecule has 2 heterocycles. The number of halogens is 1. The molecule has 0 spiro atoms. The molecule has 1 aliphatic heterocycles. The molecule has 0 unspecified atom stereocenters. The Balaban J connectivity index is 1.60. The van der Waals surface area contributed by atoms with Crippen molar-refractivity contribution >= 4 is 33.2 Å². The molecule has 0 fully saturated rings. The molecule has 6 heteroatoms. The highest BCUT2D eigenvalue weighted by molar-refractivity contribution is 9.11. The highest BCUT2D eigenvalue weighted by atomic mass is 79.9. The van der Waals surface area contributed by atoms with E-state index in [0.29, 0.717) is 12.3 Å². The Morgan fingerprint density at radius 1 is 1.38 bits per heavy atom. The Labute approximate surface area is 154 Å². The lowest BCUT2D eigenvalue weighted by Gasteiger charge is -2.19. The van der Waals surface area contributed by atoms with Crippen molar-refractivity contribution in [1.29, 1.82) is 0 Å². The van der Waals surface area contributed by atoms with Crippen molar-refractivity contribution in [3.05, 3.63) is 44.6 Å². The van der Waals surface area contributed by atoms with Gasteiger partial charge in [0.25, 0.3) is 5.91 Å². The number of hydrogen-bond donors (Lipinski definition) is 0. The Bertz CT molecular complexity index is 756. The fraction of sp³-hybridized carbons (Fsp3) is 0.389. The van der Waals surface area contributed by atoms with Crippen LogP contribution in [-0.4, -0.2) is 30.1 Å². The highest BCUT2D eigenvalue weighted by Gasteiger charge is 2.32. The van der Waals surface area contributed by atoms with Crippen molar-refractivity contribution in [2.24, 2.45) is 0 Å². The molecule has 1 aliphatic rings. The van der Waals surface area contributed by atoms with Gasteiger partial charge in [0.2, 0.25) is 0 Å². The number of likely N-dealkylation sites (N-methyl/N-ethyl adjacent to an activating group) is 1. The maximum Gasteiger partial charge on any atom is 0.260 e. The number of thiophene rings is 1. The lowest BCUT2D eigenvalue weighted by Crippen LogP contribution is -2.30. The van der Waals surface area contributed by atoms with Crippen molar-refractivity contribution in [2.45, 2.75) is 32.4 Å². The van der Waals surface area contributed by atoms with E-state index in [0.717, 1.165) is 26.4 Å². The largest absolute Gasteiger partial charge is 0.483 e. The number of rotatable bonds is 5. The SMILES string of the molecule is CN(Cc1ccc(Br)s1)C(=O)COc1cccc2c1OC(C)(C)C2. The zero-order valence-electron chi connectivity index (χ0n) is 14.0. The van der Waals surface area contributed by atoms with E-state index in [2.05, 4.69) is 29.8 Å². The highest BCUT2D eigenvalue weighted by Crippen LogP contribution is 2.41. The third-order valence-electron chi connectivity index (χ3n) is 3.85. The summed E-state index contributed by atoms with van der Waals surface area (Å²) in [7, 11) is 1.79. The number of amides is 1. The number of carbonyl (C=O) groups is 1. The molecular formula is C18H20BrNO3S. The van der Waals surface area contributed by atoms with Crippen molar-refractivity contribution < 1.29 is 14.3 Å². The fourth-order valence-electron chi connectivity index (χ4n) is 2.71. The number of para-hydroxylation sites is 1. The second kappa shape index (κ2) is 6.76. The van der Waals surface area contributed by atoms with Crippen LogP contribution in [0.15, 0.2) is 34.1 Å². The smallest absolute Gasteiger partial charge is 0.260 e. The van der Waals surface area contributed by atoms with Crippen LogP contribution in [0.4, 0.5) is 0 Å². The van der Waals surface area contributed by atoms with Crippen LogP contribution in [0.1, 0.15) is 24.3 Å². The van der Waals surface area contributed by atoms with Gasteiger partial charge in [-0.3, -0.25) is 4.79 Å². The summed E-state index contributed by atoms with van der Waals surface area (Å²) in [6.07, 6.45) is 0.848. The zero-order chi connectivity index (χ0) is 17.3. The number of benzene rings is 1. The summed E-state index contributed by atoms with van der Waals surface area (Å²) in [6.45, 7) is 4.68. The second-order valence-corrected chi connectivity index (χ2v) is 9.07. The molecule has 0 saturated carbocycles. The summed E-state index contributed by atoms with van der Waals surface area (Å²) in [5.41, 5.74) is 0.900. The summed E-state index contributed by atoms with van der Waals surface area (Å²) in [4.78, 5) is 15.1. The molecule has 1 amide bonds.